The predicted octanol–water partition coefficient (Wildman–Crippen LogP) is 6.89. The summed E-state index contributed by atoms with van der Waals surface area (Å²) in [6.45, 7) is 7.47. The Morgan fingerprint density at radius 3 is 2.19 bits per heavy atom. The first kappa shape index (κ1) is 28.8. The van der Waals surface area contributed by atoms with Crippen LogP contribution in [0.5, 0.6) is 5.75 Å². The SMILES string of the molecule is Cc1cc(OCC(=O)N(Cc2ccc(Cl)c(Cl)c2)[C@H](Cc2ccccc2)C(=O)NC(C)(C)C)ccc1Cl. The third kappa shape index (κ3) is 8.67. The van der Waals surface area contributed by atoms with E-state index < -0.39 is 11.6 Å². The second kappa shape index (κ2) is 12.7. The number of hydrogen-bond donors (Lipinski definition) is 1. The van der Waals surface area contributed by atoms with Gasteiger partial charge in [-0.05, 0) is 74.7 Å². The molecule has 3 rings (SSSR count). The van der Waals surface area contributed by atoms with Crippen molar-refractivity contribution in [3.8, 4) is 5.75 Å². The van der Waals surface area contributed by atoms with Crippen molar-refractivity contribution >= 4 is 46.6 Å². The molecule has 0 saturated carbocycles. The highest BCUT2D eigenvalue weighted by atomic mass is 35.5. The number of rotatable bonds is 9. The Bertz CT molecular complexity index is 1240. The first-order chi connectivity index (χ1) is 17.4. The third-order valence-corrected chi connectivity index (χ3v) is 6.76. The van der Waals surface area contributed by atoms with Crippen LogP contribution in [0, 0.1) is 6.92 Å². The van der Waals surface area contributed by atoms with Gasteiger partial charge in [-0.15, -0.1) is 0 Å². The number of aryl methyl sites for hydroxylation is 1. The van der Waals surface area contributed by atoms with Gasteiger partial charge in [-0.3, -0.25) is 9.59 Å². The van der Waals surface area contributed by atoms with Gasteiger partial charge in [0.25, 0.3) is 5.91 Å². The molecule has 0 unspecified atom stereocenters. The fourth-order valence-corrected chi connectivity index (χ4v) is 4.21. The Kier molecular flexibility index (Phi) is 9.88. The van der Waals surface area contributed by atoms with E-state index >= 15 is 0 Å². The Morgan fingerprint density at radius 2 is 1.57 bits per heavy atom. The first-order valence-corrected chi connectivity index (χ1v) is 13.0. The average Bonchev–Trinajstić information content (AvgIpc) is 2.83. The van der Waals surface area contributed by atoms with E-state index in [1.807, 2.05) is 58.0 Å². The first-order valence-electron chi connectivity index (χ1n) is 11.9. The minimum atomic E-state index is -0.792. The minimum Gasteiger partial charge on any atom is -0.484 e. The average molecular weight is 562 g/mol. The standard InChI is InChI=1S/C29H31Cl3N2O3/c1-19-14-22(11-13-23(19)30)37-18-27(35)34(17-21-10-12-24(31)25(32)15-21)26(28(36)33-29(2,3)4)16-20-8-6-5-7-9-20/h5-15,26H,16-18H2,1-4H3,(H,33,36)/t26-/m1/s1. The van der Waals surface area contributed by atoms with Crippen LogP contribution in [-0.4, -0.2) is 34.9 Å². The fraction of sp³-hybridized carbons (Fsp3) is 0.310. The van der Waals surface area contributed by atoms with Gasteiger partial charge in [0.15, 0.2) is 6.61 Å². The van der Waals surface area contributed by atoms with E-state index in [4.69, 9.17) is 39.5 Å². The van der Waals surface area contributed by atoms with E-state index in [1.165, 1.54) is 4.90 Å². The Labute approximate surface area is 233 Å². The number of benzene rings is 3. The largest absolute Gasteiger partial charge is 0.484 e. The van der Waals surface area contributed by atoms with E-state index in [-0.39, 0.29) is 25.0 Å². The molecule has 37 heavy (non-hydrogen) atoms. The monoisotopic (exact) mass is 560 g/mol. The van der Waals surface area contributed by atoms with Crippen LogP contribution in [0.1, 0.15) is 37.5 Å². The zero-order valence-electron chi connectivity index (χ0n) is 21.4. The van der Waals surface area contributed by atoms with Crippen molar-refractivity contribution in [2.75, 3.05) is 6.61 Å². The van der Waals surface area contributed by atoms with Crippen molar-refractivity contribution in [1.82, 2.24) is 10.2 Å². The molecule has 0 radical (unpaired) electrons. The molecule has 0 saturated heterocycles. The molecule has 1 atom stereocenters. The number of carbonyl (C=O) groups excluding carboxylic acids is 2. The van der Waals surface area contributed by atoms with Crippen molar-refractivity contribution in [1.29, 1.82) is 0 Å². The molecule has 0 spiro atoms. The molecule has 0 fully saturated rings. The summed E-state index contributed by atoms with van der Waals surface area (Å²) in [6, 6.07) is 19.2. The van der Waals surface area contributed by atoms with Gasteiger partial charge in [0.1, 0.15) is 11.8 Å². The summed E-state index contributed by atoms with van der Waals surface area (Å²) in [5, 5.41) is 4.43. The maximum atomic E-state index is 13.7. The van der Waals surface area contributed by atoms with Crippen molar-refractivity contribution in [2.45, 2.75) is 52.2 Å². The topological polar surface area (TPSA) is 58.6 Å². The summed E-state index contributed by atoms with van der Waals surface area (Å²) >= 11 is 18.5. The number of ether oxygens (including phenoxy) is 1. The smallest absolute Gasteiger partial charge is 0.261 e. The van der Waals surface area contributed by atoms with Crippen molar-refractivity contribution < 1.29 is 14.3 Å². The normalized spacial score (nSPS) is 12.1. The lowest BCUT2D eigenvalue weighted by atomic mass is 10.0. The van der Waals surface area contributed by atoms with Crippen molar-refractivity contribution in [3.63, 3.8) is 0 Å². The number of halogens is 3. The van der Waals surface area contributed by atoms with Gasteiger partial charge < -0.3 is 15.0 Å². The lowest BCUT2D eigenvalue weighted by molar-refractivity contribution is -0.143. The zero-order valence-corrected chi connectivity index (χ0v) is 23.6. The molecule has 8 heteroatoms. The summed E-state index contributed by atoms with van der Waals surface area (Å²) in [4.78, 5) is 28.8. The highest BCUT2D eigenvalue weighted by Crippen LogP contribution is 2.25. The van der Waals surface area contributed by atoms with E-state index in [0.29, 0.717) is 27.2 Å². The van der Waals surface area contributed by atoms with Gasteiger partial charge in [0.2, 0.25) is 5.91 Å². The highest BCUT2D eigenvalue weighted by Gasteiger charge is 2.32. The molecule has 1 N–H and O–H groups in total. The lowest BCUT2D eigenvalue weighted by Gasteiger charge is -2.33. The summed E-state index contributed by atoms with van der Waals surface area (Å²) in [6.07, 6.45) is 0.329. The summed E-state index contributed by atoms with van der Waals surface area (Å²) in [7, 11) is 0. The van der Waals surface area contributed by atoms with Gasteiger partial charge in [-0.1, -0.05) is 71.2 Å². The molecule has 0 aliphatic rings. The van der Waals surface area contributed by atoms with Crippen LogP contribution >= 0.6 is 34.8 Å². The van der Waals surface area contributed by atoms with Crippen LogP contribution in [0.3, 0.4) is 0 Å². The minimum absolute atomic E-state index is 0.147. The Morgan fingerprint density at radius 1 is 0.892 bits per heavy atom. The fourth-order valence-electron chi connectivity index (χ4n) is 3.78. The van der Waals surface area contributed by atoms with Gasteiger partial charge in [-0.25, -0.2) is 0 Å². The second-order valence-electron chi connectivity index (χ2n) is 9.91. The van der Waals surface area contributed by atoms with Crippen molar-refractivity contribution in [2.24, 2.45) is 0 Å². The molecule has 0 aliphatic carbocycles. The number of amides is 2. The third-order valence-electron chi connectivity index (χ3n) is 5.60. The molecule has 5 nitrogen and oxygen atoms in total. The van der Waals surface area contributed by atoms with Crippen LogP contribution in [0.25, 0.3) is 0 Å². The number of carbonyl (C=O) groups is 2. The number of nitrogens with one attached hydrogen (secondary N) is 1. The quantitative estimate of drug-likeness (QED) is 0.309. The molecular weight excluding hydrogens is 531 g/mol. The van der Waals surface area contributed by atoms with Crippen LogP contribution in [0.2, 0.25) is 15.1 Å². The molecule has 0 aliphatic heterocycles. The second-order valence-corrected chi connectivity index (χ2v) is 11.1. The highest BCUT2D eigenvalue weighted by molar-refractivity contribution is 6.42. The van der Waals surface area contributed by atoms with E-state index in [1.54, 1.807) is 36.4 Å². The van der Waals surface area contributed by atoms with E-state index in [2.05, 4.69) is 5.32 Å². The predicted molar refractivity (Wildman–Crippen MR) is 151 cm³/mol. The maximum Gasteiger partial charge on any atom is 0.261 e. The molecule has 3 aromatic rings. The summed E-state index contributed by atoms with van der Waals surface area (Å²) < 4.78 is 5.82. The van der Waals surface area contributed by atoms with Crippen LogP contribution in [0.4, 0.5) is 0 Å². The number of hydrogen-bond acceptors (Lipinski definition) is 3. The number of nitrogens with zero attached hydrogens (tertiary/aromatic N) is 1. The maximum absolute atomic E-state index is 13.7. The van der Waals surface area contributed by atoms with E-state index in [0.717, 1.165) is 16.7 Å². The molecule has 2 amide bonds. The van der Waals surface area contributed by atoms with Gasteiger partial charge >= 0.3 is 0 Å². The molecule has 3 aromatic carbocycles. The molecule has 0 heterocycles. The summed E-state index contributed by atoms with van der Waals surface area (Å²) in [5.41, 5.74) is 2.03. The molecule has 0 aromatic heterocycles. The Hall–Kier alpha value is -2.73. The lowest BCUT2D eigenvalue weighted by Crippen LogP contribution is -2.55. The Balaban J connectivity index is 1.95. The van der Waals surface area contributed by atoms with Gasteiger partial charge in [-0.2, -0.15) is 0 Å². The molecular formula is C29H31Cl3N2O3. The van der Waals surface area contributed by atoms with E-state index in [9.17, 15) is 9.59 Å². The van der Waals surface area contributed by atoms with Crippen LogP contribution in [-0.2, 0) is 22.6 Å². The van der Waals surface area contributed by atoms with Gasteiger partial charge in [0.05, 0.1) is 10.0 Å². The molecule has 0 bridgehead atoms. The van der Waals surface area contributed by atoms with Gasteiger partial charge in [0, 0.05) is 23.5 Å². The summed E-state index contributed by atoms with van der Waals surface area (Å²) in [5.74, 6) is -0.0840. The van der Waals surface area contributed by atoms with Crippen molar-refractivity contribution in [3.05, 3.63) is 98.5 Å². The van der Waals surface area contributed by atoms with Crippen LogP contribution < -0.4 is 10.1 Å². The van der Waals surface area contributed by atoms with Crippen LogP contribution in [0.15, 0.2) is 66.7 Å². The molecule has 196 valence electrons. The zero-order chi connectivity index (χ0) is 27.2.